The highest BCUT2D eigenvalue weighted by molar-refractivity contribution is 9.10. The van der Waals surface area contributed by atoms with Crippen molar-refractivity contribution < 1.29 is 0 Å². The molecule has 0 atom stereocenters. The van der Waals surface area contributed by atoms with Crippen LogP contribution < -0.4 is 5.73 Å². The van der Waals surface area contributed by atoms with Gasteiger partial charge < -0.3 is 5.73 Å². The van der Waals surface area contributed by atoms with Gasteiger partial charge >= 0.3 is 0 Å². The van der Waals surface area contributed by atoms with Gasteiger partial charge in [-0.15, -0.1) is 0 Å². The molecule has 0 radical (unpaired) electrons. The molecule has 0 unspecified atom stereocenters. The summed E-state index contributed by atoms with van der Waals surface area (Å²) in [7, 11) is 0. The lowest BCUT2D eigenvalue weighted by Gasteiger charge is -2.13. The van der Waals surface area contributed by atoms with Crippen LogP contribution in [0.4, 0.5) is 0 Å². The average Bonchev–Trinajstić information content (AvgIpc) is 2.55. The first-order chi connectivity index (χ1) is 8.82. The summed E-state index contributed by atoms with van der Waals surface area (Å²) >= 11 is 8.67. The number of aromatic nitrogens is 3. The van der Waals surface area contributed by atoms with E-state index in [9.17, 15) is 0 Å². The summed E-state index contributed by atoms with van der Waals surface area (Å²) in [6, 6.07) is 1.97. The van der Waals surface area contributed by atoms with Gasteiger partial charge in [-0.3, -0.25) is 0 Å². The van der Waals surface area contributed by atoms with Crippen LogP contribution in [0.15, 0.2) is 10.5 Å². The highest BCUT2D eigenvalue weighted by Crippen LogP contribution is 2.25. The first-order valence-electron chi connectivity index (χ1n) is 5.83. The molecule has 6 heteroatoms. The van der Waals surface area contributed by atoms with Crippen molar-refractivity contribution in [1.82, 2.24) is 14.8 Å². The Balaban J connectivity index is 2.81. The van der Waals surface area contributed by atoms with E-state index in [1.807, 2.05) is 33.8 Å². The summed E-state index contributed by atoms with van der Waals surface area (Å²) < 4.78 is 2.76. The van der Waals surface area contributed by atoms with Crippen molar-refractivity contribution in [2.24, 2.45) is 5.73 Å². The Morgan fingerprint density at radius 2 is 1.95 bits per heavy atom. The Bertz CT molecular complexity index is 676. The van der Waals surface area contributed by atoms with Crippen LogP contribution in [0.1, 0.15) is 28.2 Å². The zero-order valence-corrected chi connectivity index (χ0v) is 13.7. The fraction of sp³-hybridized carbons (Fsp3) is 0.308. The maximum absolute atomic E-state index is 5.84. The van der Waals surface area contributed by atoms with Gasteiger partial charge in [-0.2, -0.15) is 5.10 Å². The van der Waals surface area contributed by atoms with E-state index in [1.54, 1.807) is 4.68 Å². The van der Waals surface area contributed by atoms with Gasteiger partial charge in [0.1, 0.15) is 4.99 Å². The molecule has 0 bridgehead atoms. The zero-order valence-electron chi connectivity index (χ0n) is 11.3. The molecular formula is C13H15BrN4S. The summed E-state index contributed by atoms with van der Waals surface area (Å²) in [5, 5.41) is 4.50. The van der Waals surface area contributed by atoms with Gasteiger partial charge in [-0.25, -0.2) is 9.67 Å². The summed E-state index contributed by atoms with van der Waals surface area (Å²) in [5.74, 6) is 0.691. The van der Waals surface area contributed by atoms with E-state index in [0.717, 1.165) is 32.7 Å². The maximum atomic E-state index is 5.84. The van der Waals surface area contributed by atoms with Gasteiger partial charge in [-0.1, -0.05) is 12.2 Å². The van der Waals surface area contributed by atoms with Gasteiger partial charge in [0.25, 0.3) is 0 Å². The number of hydrogen-bond acceptors (Lipinski definition) is 3. The zero-order chi connectivity index (χ0) is 14.3. The molecule has 0 amide bonds. The van der Waals surface area contributed by atoms with Crippen molar-refractivity contribution in [1.29, 1.82) is 0 Å². The molecule has 0 fully saturated rings. The van der Waals surface area contributed by atoms with Crippen molar-refractivity contribution in [2.75, 3.05) is 0 Å². The second-order valence-electron chi connectivity index (χ2n) is 4.54. The normalized spacial score (nSPS) is 10.8. The summed E-state index contributed by atoms with van der Waals surface area (Å²) in [4.78, 5) is 4.89. The SMILES string of the molecule is Cc1cc(C)c(C(N)=S)c(-n2nc(C)c(Br)c2C)n1. The van der Waals surface area contributed by atoms with E-state index < -0.39 is 0 Å². The van der Waals surface area contributed by atoms with Gasteiger partial charge in [0.2, 0.25) is 0 Å². The molecule has 2 heterocycles. The molecule has 0 aliphatic rings. The number of aryl methyl sites for hydroxylation is 3. The molecule has 2 aromatic rings. The third-order valence-corrected chi connectivity index (χ3v) is 4.33. The number of halogens is 1. The summed E-state index contributed by atoms with van der Waals surface area (Å²) in [6.45, 7) is 7.84. The topological polar surface area (TPSA) is 56.7 Å². The van der Waals surface area contributed by atoms with Gasteiger partial charge in [0.15, 0.2) is 5.82 Å². The van der Waals surface area contributed by atoms with E-state index in [4.69, 9.17) is 18.0 Å². The minimum atomic E-state index is 0.337. The minimum absolute atomic E-state index is 0.337. The lowest BCUT2D eigenvalue weighted by atomic mass is 10.1. The molecule has 0 spiro atoms. The molecule has 2 N–H and O–H groups in total. The summed E-state index contributed by atoms with van der Waals surface area (Å²) in [6.07, 6.45) is 0. The largest absolute Gasteiger partial charge is 0.389 e. The number of thiocarbonyl (C=S) groups is 1. The Kier molecular flexibility index (Phi) is 3.73. The molecule has 0 aliphatic heterocycles. The fourth-order valence-electron chi connectivity index (χ4n) is 2.10. The number of rotatable bonds is 2. The van der Waals surface area contributed by atoms with Crippen molar-refractivity contribution in [3.05, 3.63) is 38.7 Å². The van der Waals surface area contributed by atoms with Crippen LogP contribution in [0.25, 0.3) is 5.82 Å². The van der Waals surface area contributed by atoms with E-state index in [-0.39, 0.29) is 0 Å². The molecular weight excluding hydrogens is 324 g/mol. The number of hydrogen-bond donors (Lipinski definition) is 1. The monoisotopic (exact) mass is 338 g/mol. The third kappa shape index (κ3) is 2.42. The minimum Gasteiger partial charge on any atom is -0.389 e. The molecule has 0 saturated carbocycles. The number of pyridine rings is 1. The predicted octanol–water partition coefficient (Wildman–Crippen LogP) is 2.90. The van der Waals surface area contributed by atoms with Crippen LogP contribution in [-0.4, -0.2) is 19.8 Å². The Morgan fingerprint density at radius 1 is 1.32 bits per heavy atom. The van der Waals surface area contributed by atoms with Crippen LogP contribution in [0.3, 0.4) is 0 Å². The highest BCUT2D eigenvalue weighted by atomic mass is 79.9. The van der Waals surface area contributed by atoms with E-state index in [2.05, 4.69) is 26.0 Å². The molecule has 0 saturated heterocycles. The van der Waals surface area contributed by atoms with Crippen LogP contribution in [-0.2, 0) is 0 Å². The smallest absolute Gasteiger partial charge is 0.164 e. The van der Waals surface area contributed by atoms with E-state index in [1.165, 1.54) is 0 Å². The van der Waals surface area contributed by atoms with Crippen molar-refractivity contribution >= 4 is 33.1 Å². The second-order valence-corrected chi connectivity index (χ2v) is 5.77. The molecule has 0 aromatic carbocycles. The van der Waals surface area contributed by atoms with E-state index >= 15 is 0 Å². The average molecular weight is 339 g/mol. The van der Waals surface area contributed by atoms with Crippen molar-refractivity contribution in [3.63, 3.8) is 0 Å². The van der Waals surface area contributed by atoms with Crippen molar-refractivity contribution in [3.8, 4) is 5.82 Å². The number of nitrogens with two attached hydrogens (primary N) is 1. The Hall–Kier alpha value is -1.27. The van der Waals surface area contributed by atoms with Crippen LogP contribution in [0.5, 0.6) is 0 Å². The molecule has 2 aromatic heterocycles. The fourth-order valence-corrected chi connectivity index (χ4v) is 2.60. The predicted molar refractivity (Wildman–Crippen MR) is 83.9 cm³/mol. The quantitative estimate of drug-likeness (QED) is 0.855. The standard InChI is InChI=1S/C13H15BrN4S/c1-6-5-7(2)16-13(10(6)12(15)19)18-9(4)11(14)8(3)17-18/h5H,1-4H3,(H2,15,19). The number of nitrogens with zero attached hydrogens (tertiary/aromatic N) is 3. The van der Waals surface area contributed by atoms with Crippen LogP contribution in [0, 0.1) is 27.7 Å². The molecule has 19 heavy (non-hydrogen) atoms. The van der Waals surface area contributed by atoms with Gasteiger partial charge in [0, 0.05) is 5.69 Å². The lowest BCUT2D eigenvalue weighted by Crippen LogP contribution is -2.18. The molecule has 4 nitrogen and oxygen atoms in total. The van der Waals surface area contributed by atoms with Crippen LogP contribution in [0.2, 0.25) is 0 Å². The summed E-state index contributed by atoms with van der Waals surface area (Å²) in [5.41, 5.74) is 10.4. The maximum Gasteiger partial charge on any atom is 0.164 e. The highest BCUT2D eigenvalue weighted by Gasteiger charge is 2.18. The molecule has 100 valence electrons. The molecule has 2 rings (SSSR count). The van der Waals surface area contributed by atoms with E-state index in [0.29, 0.717) is 10.8 Å². The van der Waals surface area contributed by atoms with Gasteiger partial charge in [-0.05, 0) is 55.3 Å². The first-order valence-corrected chi connectivity index (χ1v) is 7.03. The molecule has 0 aliphatic carbocycles. The lowest BCUT2D eigenvalue weighted by molar-refractivity contribution is 0.797. The second kappa shape index (κ2) is 5.02. The first kappa shape index (κ1) is 14.1. The Labute approximate surface area is 126 Å². The Morgan fingerprint density at radius 3 is 2.42 bits per heavy atom. The third-order valence-electron chi connectivity index (χ3n) is 2.98. The van der Waals surface area contributed by atoms with Crippen molar-refractivity contribution in [2.45, 2.75) is 27.7 Å². The van der Waals surface area contributed by atoms with Gasteiger partial charge in [0.05, 0.1) is 21.4 Å². The van der Waals surface area contributed by atoms with Crippen LogP contribution >= 0.6 is 28.1 Å².